The number of benzene rings is 1. The number of likely N-dealkylation sites (N-methyl/N-ethyl adjacent to an activating group) is 1. The van der Waals surface area contributed by atoms with E-state index in [4.69, 9.17) is 9.84 Å². The molecule has 0 unspecified atom stereocenters. The molecule has 4 nitrogen and oxygen atoms in total. The van der Waals surface area contributed by atoms with E-state index in [9.17, 15) is 4.79 Å². The van der Waals surface area contributed by atoms with Gasteiger partial charge in [-0.3, -0.25) is 0 Å². The minimum absolute atomic E-state index is 0.226. The van der Waals surface area contributed by atoms with Crippen LogP contribution < -0.4 is 4.74 Å². The van der Waals surface area contributed by atoms with Gasteiger partial charge in [0.2, 0.25) is 0 Å². The Balaban J connectivity index is 1.84. The number of ether oxygens (including phenoxy) is 1. The third kappa shape index (κ3) is 3.01. The molecular formula is C14H19NO3. The minimum Gasteiger partial charge on any atom is -0.491 e. The molecule has 0 aromatic heterocycles. The summed E-state index contributed by atoms with van der Waals surface area (Å²) in [5.74, 6) is -0.495. The maximum atomic E-state index is 11.0. The first-order chi connectivity index (χ1) is 8.68. The number of carboxylic acid groups (broad SMARTS) is 1. The summed E-state index contributed by atoms with van der Waals surface area (Å²) >= 11 is 0. The highest BCUT2D eigenvalue weighted by Crippen LogP contribution is 2.23. The zero-order chi connectivity index (χ0) is 13.0. The smallest absolute Gasteiger partial charge is 0.339 e. The van der Waals surface area contributed by atoms with E-state index >= 15 is 0 Å². The van der Waals surface area contributed by atoms with Crippen LogP contribution in [0.15, 0.2) is 24.3 Å². The highest BCUT2D eigenvalue weighted by molar-refractivity contribution is 5.90. The second kappa shape index (κ2) is 5.87. The van der Waals surface area contributed by atoms with Gasteiger partial charge in [-0.15, -0.1) is 0 Å². The molecule has 1 fully saturated rings. The van der Waals surface area contributed by atoms with Gasteiger partial charge in [0.05, 0.1) is 0 Å². The van der Waals surface area contributed by atoms with Crippen LogP contribution in [0.2, 0.25) is 0 Å². The zero-order valence-corrected chi connectivity index (χ0v) is 10.6. The predicted octanol–water partition coefficient (Wildman–Crippen LogP) is 2.25. The maximum Gasteiger partial charge on any atom is 0.339 e. The van der Waals surface area contributed by atoms with E-state index in [1.54, 1.807) is 24.3 Å². The van der Waals surface area contributed by atoms with Gasteiger partial charge in [-0.25, -0.2) is 4.79 Å². The summed E-state index contributed by atoms with van der Waals surface area (Å²) in [6, 6.07) is 7.44. The number of carbonyl (C=O) groups is 1. The van der Waals surface area contributed by atoms with Gasteiger partial charge in [0.25, 0.3) is 0 Å². The molecule has 1 aromatic rings. The zero-order valence-electron chi connectivity index (χ0n) is 10.6. The number of para-hydroxylation sites is 1. The standard InChI is InChI=1S/C14H19NO3/c1-15(11-5-4-6-11)9-10-18-13-8-3-2-7-12(13)14(16)17/h2-3,7-8,11H,4-6,9-10H2,1H3,(H,16,17). The van der Waals surface area contributed by atoms with Crippen LogP contribution >= 0.6 is 0 Å². The number of aromatic carboxylic acids is 1. The SMILES string of the molecule is CN(CCOc1ccccc1C(=O)O)C1CCC1. The molecule has 0 aliphatic heterocycles. The van der Waals surface area contributed by atoms with Crippen molar-refractivity contribution in [2.24, 2.45) is 0 Å². The van der Waals surface area contributed by atoms with Crippen molar-refractivity contribution in [2.45, 2.75) is 25.3 Å². The Hall–Kier alpha value is -1.55. The Morgan fingerprint density at radius 3 is 2.78 bits per heavy atom. The van der Waals surface area contributed by atoms with Gasteiger partial charge >= 0.3 is 5.97 Å². The van der Waals surface area contributed by atoms with Gasteiger partial charge in [0, 0.05) is 12.6 Å². The van der Waals surface area contributed by atoms with E-state index in [2.05, 4.69) is 11.9 Å². The lowest BCUT2D eigenvalue weighted by Gasteiger charge is -2.34. The van der Waals surface area contributed by atoms with Crippen LogP contribution in [0.1, 0.15) is 29.6 Å². The Bertz CT molecular complexity index is 415. The fourth-order valence-electron chi connectivity index (χ4n) is 2.08. The first-order valence-corrected chi connectivity index (χ1v) is 6.34. The summed E-state index contributed by atoms with van der Waals surface area (Å²) < 4.78 is 5.57. The van der Waals surface area contributed by atoms with Crippen LogP contribution in [-0.2, 0) is 0 Å². The van der Waals surface area contributed by atoms with E-state index < -0.39 is 5.97 Å². The molecule has 18 heavy (non-hydrogen) atoms. The number of rotatable bonds is 6. The van der Waals surface area contributed by atoms with Crippen molar-refractivity contribution in [3.63, 3.8) is 0 Å². The van der Waals surface area contributed by atoms with Crippen molar-refractivity contribution in [3.05, 3.63) is 29.8 Å². The van der Waals surface area contributed by atoms with Gasteiger partial charge in [-0.05, 0) is 32.0 Å². The van der Waals surface area contributed by atoms with Crippen molar-refractivity contribution < 1.29 is 14.6 Å². The maximum absolute atomic E-state index is 11.0. The predicted molar refractivity (Wildman–Crippen MR) is 69.2 cm³/mol. The molecule has 0 spiro atoms. The van der Waals surface area contributed by atoms with Crippen molar-refractivity contribution >= 4 is 5.97 Å². The van der Waals surface area contributed by atoms with Crippen LogP contribution in [0.4, 0.5) is 0 Å². The molecule has 0 bridgehead atoms. The minimum atomic E-state index is -0.946. The molecule has 4 heteroatoms. The number of hydrogen-bond donors (Lipinski definition) is 1. The van der Waals surface area contributed by atoms with Crippen molar-refractivity contribution in [2.75, 3.05) is 20.2 Å². The lowest BCUT2D eigenvalue weighted by Crippen LogP contribution is -2.39. The Labute approximate surface area is 107 Å². The number of carboxylic acids is 1. The Morgan fingerprint density at radius 2 is 2.17 bits per heavy atom. The molecule has 98 valence electrons. The van der Waals surface area contributed by atoms with E-state index in [0.717, 1.165) is 6.54 Å². The molecule has 0 heterocycles. The summed E-state index contributed by atoms with van der Waals surface area (Å²) in [4.78, 5) is 13.3. The molecule has 1 saturated carbocycles. The van der Waals surface area contributed by atoms with E-state index in [0.29, 0.717) is 18.4 Å². The molecule has 0 amide bonds. The summed E-state index contributed by atoms with van der Waals surface area (Å²) in [6.07, 6.45) is 3.85. The monoisotopic (exact) mass is 249 g/mol. The number of hydrogen-bond acceptors (Lipinski definition) is 3. The van der Waals surface area contributed by atoms with Gasteiger partial charge in [-0.1, -0.05) is 18.6 Å². The summed E-state index contributed by atoms with van der Waals surface area (Å²) in [5, 5.41) is 9.02. The van der Waals surface area contributed by atoms with Gasteiger partial charge in [0.15, 0.2) is 0 Å². The van der Waals surface area contributed by atoms with Crippen molar-refractivity contribution in [1.29, 1.82) is 0 Å². The normalized spacial score (nSPS) is 15.4. The molecule has 1 aliphatic rings. The number of nitrogens with zero attached hydrogens (tertiary/aromatic N) is 1. The second-order valence-electron chi connectivity index (χ2n) is 4.72. The summed E-state index contributed by atoms with van der Waals surface area (Å²) in [6.45, 7) is 1.36. The molecule has 1 aromatic carbocycles. The molecule has 1 aliphatic carbocycles. The highest BCUT2D eigenvalue weighted by atomic mass is 16.5. The first kappa shape index (κ1) is 12.9. The lowest BCUT2D eigenvalue weighted by molar-refractivity contribution is 0.0690. The lowest BCUT2D eigenvalue weighted by atomic mass is 9.92. The molecule has 1 N–H and O–H groups in total. The molecule has 0 atom stereocenters. The van der Waals surface area contributed by atoms with Crippen LogP contribution in [-0.4, -0.2) is 42.2 Å². The highest BCUT2D eigenvalue weighted by Gasteiger charge is 2.21. The third-order valence-corrected chi connectivity index (χ3v) is 3.52. The van der Waals surface area contributed by atoms with Crippen LogP contribution in [0.5, 0.6) is 5.75 Å². The van der Waals surface area contributed by atoms with Crippen molar-refractivity contribution in [1.82, 2.24) is 4.90 Å². The average molecular weight is 249 g/mol. The molecule has 0 saturated heterocycles. The van der Waals surface area contributed by atoms with Crippen LogP contribution in [0.25, 0.3) is 0 Å². The van der Waals surface area contributed by atoms with E-state index in [1.165, 1.54) is 19.3 Å². The Morgan fingerprint density at radius 1 is 1.44 bits per heavy atom. The van der Waals surface area contributed by atoms with Gasteiger partial charge in [-0.2, -0.15) is 0 Å². The van der Waals surface area contributed by atoms with Gasteiger partial charge in [0.1, 0.15) is 17.9 Å². The molecular weight excluding hydrogens is 230 g/mol. The average Bonchev–Trinajstić information content (AvgIpc) is 2.27. The fourth-order valence-corrected chi connectivity index (χ4v) is 2.08. The van der Waals surface area contributed by atoms with Crippen LogP contribution in [0, 0.1) is 0 Å². The fraction of sp³-hybridized carbons (Fsp3) is 0.500. The quantitative estimate of drug-likeness (QED) is 0.840. The van der Waals surface area contributed by atoms with E-state index in [1.807, 2.05) is 0 Å². The second-order valence-corrected chi connectivity index (χ2v) is 4.72. The van der Waals surface area contributed by atoms with E-state index in [-0.39, 0.29) is 5.56 Å². The third-order valence-electron chi connectivity index (χ3n) is 3.52. The Kier molecular flexibility index (Phi) is 4.20. The topological polar surface area (TPSA) is 49.8 Å². The van der Waals surface area contributed by atoms with Crippen LogP contribution in [0.3, 0.4) is 0 Å². The summed E-state index contributed by atoms with van der Waals surface area (Å²) in [7, 11) is 2.09. The first-order valence-electron chi connectivity index (χ1n) is 6.34. The van der Waals surface area contributed by atoms with Gasteiger partial charge < -0.3 is 14.7 Å². The van der Waals surface area contributed by atoms with Crippen molar-refractivity contribution in [3.8, 4) is 5.75 Å². The molecule has 2 rings (SSSR count). The largest absolute Gasteiger partial charge is 0.491 e. The summed E-state index contributed by atoms with van der Waals surface area (Å²) in [5.41, 5.74) is 0.226. The molecule has 0 radical (unpaired) electrons.